The Bertz CT molecular complexity index is 1830. The van der Waals surface area contributed by atoms with Crippen molar-refractivity contribution in [2.45, 2.75) is 59.0 Å². The molecule has 7 nitrogen and oxygen atoms in total. The molecule has 44 heavy (non-hydrogen) atoms. The Morgan fingerprint density at radius 3 is 2.25 bits per heavy atom. The molecule has 0 saturated heterocycles. The van der Waals surface area contributed by atoms with Gasteiger partial charge in [0.15, 0.2) is 0 Å². The minimum Gasteiger partial charge on any atom is -0.478 e. The molecule has 0 unspecified atom stereocenters. The number of sulfonamides is 1. The Morgan fingerprint density at radius 1 is 0.841 bits per heavy atom. The van der Waals surface area contributed by atoms with Gasteiger partial charge in [0, 0.05) is 13.0 Å². The molecule has 0 aliphatic carbocycles. The number of carboxylic acids is 1. The van der Waals surface area contributed by atoms with Gasteiger partial charge in [-0.25, -0.2) is 18.2 Å². The van der Waals surface area contributed by atoms with Gasteiger partial charge >= 0.3 is 5.97 Å². The number of imidazole rings is 1. The fourth-order valence-electron chi connectivity index (χ4n) is 5.45. The number of hydrogen-bond acceptors (Lipinski definition) is 4. The summed E-state index contributed by atoms with van der Waals surface area (Å²) in [5, 5.41) is 9.64. The monoisotopic (exact) mass is 609 g/mol. The molecule has 0 amide bonds. The first kappa shape index (κ1) is 31.0. The minimum atomic E-state index is -3.56. The van der Waals surface area contributed by atoms with Crippen LogP contribution in [-0.4, -0.2) is 34.8 Å². The number of carboxylic acid groups (broad SMARTS) is 1. The first-order valence-electron chi connectivity index (χ1n) is 15.3. The van der Waals surface area contributed by atoms with Crippen LogP contribution in [0.15, 0.2) is 97.1 Å². The number of aryl methyl sites for hydroxylation is 1. The van der Waals surface area contributed by atoms with Crippen molar-refractivity contribution in [3.8, 4) is 11.1 Å². The highest BCUT2D eigenvalue weighted by molar-refractivity contribution is 7.92. The molecule has 0 fully saturated rings. The molecule has 0 atom stereocenters. The maximum atomic E-state index is 13.6. The van der Waals surface area contributed by atoms with E-state index in [0.29, 0.717) is 24.2 Å². The molecule has 0 radical (unpaired) electrons. The van der Waals surface area contributed by atoms with E-state index in [0.717, 1.165) is 59.2 Å². The Kier molecular flexibility index (Phi) is 9.80. The summed E-state index contributed by atoms with van der Waals surface area (Å²) in [7, 11) is -3.56. The van der Waals surface area contributed by atoms with Crippen LogP contribution in [0, 0.1) is 0 Å². The number of unbranched alkanes of at least 4 members (excludes halogenated alkanes) is 2. The summed E-state index contributed by atoms with van der Waals surface area (Å²) in [6.07, 6.45) is 4.24. The molecule has 0 aliphatic rings. The maximum Gasteiger partial charge on any atom is 0.336 e. The molecule has 0 saturated carbocycles. The third-order valence-electron chi connectivity index (χ3n) is 7.88. The Labute approximate surface area is 259 Å². The quantitative estimate of drug-likeness (QED) is 0.138. The number of anilines is 1. The number of aromatic nitrogens is 2. The molecule has 1 N–H and O–H groups in total. The number of benzene rings is 4. The zero-order chi connectivity index (χ0) is 31.1. The normalized spacial score (nSPS) is 11.6. The number of aromatic carboxylic acids is 1. The highest BCUT2D eigenvalue weighted by Crippen LogP contribution is 2.29. The van der Waals surface area contributed by atoms with Crippen LogP contribution in [0.3, 0.4) is 0 Å². The molecule has 5 rings (SSSR count). The lowest BCUT2D eigenvalue weighted by atomic mass is 9.99. The smallest absolute Gasteiger partial charge is 0.336 e. The van der Waals surface area contributed by atoms with Crippen molar-refractivity contribution in [2.24, 2.45) is 0 Å². The molecule has 4 aromatic carbocycles. The zero-order valence-electron chi connectivity index (χ0n) is 25.3. The van der Waals surface area contributed by atoms with Gasteiger partial charge in [-0.15, -0.1) is 0 Å². The molecule has 5 aromatic rings. The van der Waals surface area contributed by atoms with Crippen molar-refractivity contribution in [3.63, 3.8) is 0 Å². The molecular weight excluding hydrogens is 570 g/mol. The topological polar surface area (TPSA) is 92.5 Å². The van der Waals surface area contributed by atoms with Crippen molar-refractivity contribution >= 4 is 32.7 Å². The van der Waals surface area contributed by atoms with E-state index in [9.17, 15) is 18.3 Å². The Hall–Kier alpha value is -4.43. The van der Waals surface area contributed by atoms with Crippen molar-refractivity contribution < 1.29 is 18.3 Å². The molecule has 8 heteroatoms. The summed E-state index contributed by atoms with van der Waals surface area (Å²) in [6, 6.07) is 30.4. The fraction of sp³-hybridized carbons (Fsp3) is 0.278. The molecule has 228 valence electrons. The van der Waals surface area contributed by atoms with E-state index in [1.54, 1.807) is 12.1 Å². The second-order valence-corrected chi connectivity index (χ2v) is 13.1. The van der Waals surface area contributed by atoms with E-state index < -0.39 is 16.0 Å². The van der Waals surface area contributed by atoms with Crippen LogP contribution in [0.4, 0.5) is 5.69 Å². The van der Waals surface area contributed by atoms with Gasteiger partial charge in [-0.1, -0.05) is 99.5 Å². The first-order valence-corrected chi connectivity index (χ1v) is 16.9. The third kappa shape index (κ3) is 7.03. The number of nitrogens with zero attached hydrogens (tertiary/aromatic N) is 3. The van der Waals surface area contributed by atoms with Gasteiger partial charge < -0.3 is 9.67 Å². The Morgan fingerprint density at radius 2 is 1.55 bits per heavy atom. The van der Waals surface area contributed by atoms with Gasteiger partial charge in [-0.05, 0) is 59.4 Å². The average Bonchev–Trinajstić information content (AvgIpc) is 3.38. The van der Waals surface area contributed by atoms with E-state index >= 15 is 0 Å². The third-order valence-corrected chi connectivity index (χ3v) is 9.69. The summed E-state index contributed by atoms with van der Waals surface area (Å²) in [6.45, 7) is 4.97. The first-order chi connectivity index (χ1) is 21.3. The molecule has 0 bridgehead atoms. The summed E-state index contributed by atoms with van der Waals surface area (Å²) < 4.78 is 31.0. The van der Waals surface area contributed by atoms with Gasteiger partial charge in [0.25, 0.3) is 0 Å². The second kappa shape index (κ2) is 13.9. The average molecular weight is 610 g/mol. The lowest BCUT2D eigenvalue weighted by Crippen LogP contribution is -2.32. The van der Waals surface area contributed by atoms with E-state index in [2.05, 4.69) is 11.5 Å². The fourth-order valence-corrected chi connectivity index (χ4v) is 7.10. The standard InChI is InChI=1S/C36H39N3O4S/c1-3-5-16-35-37-33-22-21-30(39(44(42,43)23-6-4-2)26-27-12-8-7-9-13-27)24-34(33)38(35)25-28-17-19-29(20-18-28)31-14-10-11-15-32(31)36(40)41/h7-15,17-22,24H,3-6,16,23,25-26H2,1-2H3,(H,40,41). The van der Waals surface area contributed by atoms with Crippen molar-refractivity contribution in [1.29, 1.82) is 0 Å². The molecule has 0 spiro atoms. The second-order valence-electron chi connectivity index (χ2n) is 11.1. The predicted octanol–water partition coefficient (Wildman–Crippen LogP) is 7.93. The highest BCUT2D eigenvalue weighted by Gasteiger charge is 2.24. The van der Waals surface area contributed by atoms with Crippen LogP contribution in [0.2, 0.25) is 0 Å². The number of hydrogen-bond donors (Lipinski definition) is 1. The Balaban J connectivity index is 1.54. The maximum absolute atomic E-state index is 13.6. The van der Waals surface area contributed by atoms with Crippen molar-refractivity contribution in [1.82, 2.24) is 9.55 Å². The minimum absolute atomic E-state index is 0.0900. The van der Waals surface area contributed by atoms with Crippen LogP contribution in [0.25, 0.3) is 22.2 Å². The predicted molar refractivity (Wildman–Crippen MR) is 178 cm³/mol. The number of rotatable bonds is 14. The van der Waals surface area contributed by atoms with Gasteiger partial charge in [0.2, 0.25) is 10.0 Å². The van der Waals surface area contributed by atoms with Gasteiger partial charge in [0.05, 0.1) is 34.6 Å². The van der Waals surface area contributed by atoms with E-state index in [1.165, 1.54) is 4.31 Å². The molecule has 1 heterocycles. The van der Waals surface area contributed by atoms with E-state index in [-0.39, 0.29) is 17.9 Å². The van der Waals surface area contributed by atoms with Crippen molar-refractivity contribution in [2.75, 3.05) is 10.1 Å². The number of fused-ring (bicyclic) bond motifs is 1. The summed E-state index contributed by atoms with van der Waals surface area (Å²) in [5.41, 5.74) is 6.09. The molecule has 1 aromatic heterocycles. The lowest BCUT2D eigenvalue weighted by Gasteiger charge is -2.25. The summed E-state index contributed by atoms with van der Waals surface area (Å²) in [5.74, 6) is 0.0962. The SMILES string of the molecule is CCCCc1nc2ccc(N(Cc3ccccc3)S(=O)(=O)CCCC)cc2n1Cc1ccc(-c2ccccc2C(=O)O)cc1. The highest BCUT2D eigenvalue weighted by atomic mass is 32.2. The molecular formula is C36H39N3O4S. The number of carbonyl (C=O) groups is 1. The van der Waals surface area contributed by atoms with Gasteiger partial charge in [-0.3, -0.25) is 4.31 Å². The van der Waals surface area contributed by atoms with Crippen LogP contribution in [0.5, 0.6) is 0 Å². The summed E-state index contributed by atoms with van der Waals surface area (Å²) >= 11 is 0. The van der Waals surface area contributed by atoms with Crippen LogP contribution >= 0.6 is 0 Å². The molecule has 0 aliphatic heterocycles. The largest absolute Gasteiger partial charge is 0.478 e. The lowest BCUT2D eigenvalue weighted by molar-refractivity contribution is 0.0697. The summed E-state index contributed by atoms with van der Waals surface area (Å²) in [4.78, 5) is 16.7. The van der Waals surface area contributed by atoms with Gasteiger partial charge in [0.1, 0.15) is 5.82 Å². The zero-order valence-corrected chi connectivity index (χ0v) is 26.1. The van der Waals surface area contributed by atoms with Crippen LogP contribution in [-0.2, 0) is 29.5 Å². The van der Waals surface area contributed by atoms with E-state index in [4.69, 9.17) is 4.98 Å². The van der Waals surface area contributed by atoms with Gasteiger partial charge in [-0.2, -0.15) is 0 Å². The van der Waals surface area contributed by atoms with Crippen LogP contribution < -0.4 is 4.31 Å². The van der Waals surface area contributed by atoms with Crippen molar-refractivity contribution in [3.05, 3.63) is 120 Å². The van der Waals surface area contributed by atoms with E-state index in [1.807, 2.05) is 91.9 Å². The van der Waals surface area contributed by atoms with Crippen LogP contribution in [0.1, 0.15) is 66.8 Å².